The lowest BCUT2D eigenvalue weighted by molar-refractivity contribution is -0.302. The highest BCUT2D eigenvalue weighted by Gasteiger charge is 2.44. The van der Waals surface area contributed by atoms with Gasteiger partial charge >= 0.3 is 0 Å². The highest BCUT2D eigenvalue weighted by molar-refractivity contribution is 5.76. The Balaban J connectivity index is 2.20. The van der Waals surface area contributed by atoms with Gasteiger partial charge in [-0.1, -0.05) is 206 Å². The number of allylic oxidation sites excluding steroid dienone is 19. The zero-order valence-corrected chi connectivity index (χ0v) is 43.3. The van der Waals surface area contributed by atoms with Gasteiger partial charge in [-0.3, -0.25) is 4.79 Å². The SMILES string of the molecule is CC/C=C\C/C=C\C/C=C\C/C=C\C/C=C\C/C=C\C/C=C\CCCCCCCCCCCCCC(=O)NC(COC1OC(CO)C(O)C(O)C1O)C(O)/C=C/CC/C=C/CC/C=C/CCCCC. The summed E-state index contributed by atoms with van der Waals surface area (Å²) in [4.78, 5) is 13.0. The van der Waals surface area contributed by atoms with Crippen LogP contribution < -0.4 is 5.32 Å². The number of ether oxygens (including phenoxy) is 2. The van der Waals surface area contributed by atoms with Crippen molar-refractivity contribution in [1.29, 1.82) is 0 Å². The van der Waals surface area contributed by atoms with E-state index in [0.717, 1.165) is 109 Å². The van der Waals surface area contributed by atoms with Crippen LogP contribution in [-0.4, -0.2) is 87.5 Å². The Labute approximate surface area is 420 Å². The summed E-state index contributed by atoms with van der Waals surface area (Å²) in [5.41, 5.74) is 0. The molecule has 9 heteroatoms. The molecule has 0 aromatic heterocycles. The van der Waals surface area contributed by atoms with Gasteiger partial charge in [-0.25, -0.2) is 0 Å². The Morgan fingerprint density at radius 3 is 1.39 bits per heavy atom. The number of rotatable bonds is 44. The maximum absolute atomic E-state index is 13.0. The summed E-state index contributed by atoms with van der Waals surface area (Å²) >= 11 is 0. The zero-order valence-electron chi connectivity index (χ0n) is 43.3. The van der Waals surface area contributed by atoms with Crippen molar-refractivity contribution < 1.29 is 39.8 Å². The summed E-state index contributed by atoms with van der Waals surface area (Å²) in [6.07, 6.45) is 65.5. The minimum absolute atomic E-state index is 0.201. The zero-order chi connectivity index (χ0) is 50.1. The summed E-state index contributed by atoms with van der Waals surface area (Å²) in [5.74, 6) is -0.201. The molecule has 0 saturated carbocycles. The Hall–Kier alpha value is -3.41. The third kappa shape index (κ3) is 38.0. The first kappa shape index (κ1) is 63.6. The van der Waals surface area contributed by atoms with Gasteiger partial charge in [-0.05, 0) is 103 Å². The summed E-state index contributed by atoms with van der Waals surface area (Å²) in [7, 11) is 0. The van der Waals surface area contributed by atoms with Crippen molar-refractivity contribution in [3.63, 3.8) is 0 Å². The Morgan fingerprint density at radius 1 is 0.507 bits per heavy atom. The largest absolute Gasteiger partial charge is 0.394 e. The Kier molecular flexibility index (Phi) is 44.5. The molecule has 392 valence electrons. The molecule has 0 spiro atoms. The van der Waals surface area contributed by atoms with E-state index in [2.05, 4.69) is 129 Å². The number of hydrogen-bond acceptors (Lipinski definition) is 8. The van der Waals surface area contributed by atoms with Gasteiger partial charge in [0.25, 0.3) is 0 Å². The first-order valence-electron chi connectivity index (χ1n) is 27.3. The molecule has 1 heterocycles. The van der Waals surface area contributed by atoms with Gasteiger partial charge in [0.2, 0.25) is 5.91 Å². The molecule has 6 N–H and O–H groups in total. The number of carbonyl (C=O) groups is 1. The van der Waals surface area contributed by atoms with Crippen molar-refractivity contribution in [2.75, 3.05) is 13.2 Å². The van der Waals surface area contributed by atoms with Gasteiger partial charge < -0.3 is 40.3 Å². The average Bonchev–Trinajstić information content (AvgIpc) is 3.35. The van der Waals surface area contributed by atoms with E-state index >= 15 is 0 Å². The minimum Gasteiger partial charge on any atom is -0.394 e. The topological polar surface area (TPSA) is 149 Å². The Morgan fingerprint density at radius 2 is 0.913 bits per heavy atom. The van der Waals surface area contributed by atoms with Gasteiger partial charge in [0, 0.05) is 6.42 Å². The van der Waals surface area contributed by atoms with Gasteiger partial charge in [-0.2, -0.15) is 0 Å². The van der Waals surface area contributed by atoms with E-state index in [4.69, 9.17) is 9.47 Å². The van der Waals surface area contributed by atoms with Gasteiger partial charge in [0.15, 0.2) is 6.29 Å². The van der Waals surface area contributed by atoms with Gasteiger partial charge in [0.1, 0.15) is 24.4 Å². The average molecular weight is 962 g/mol. The smallest absolute Gasteiger partial charge is 0.220 e. The van der Waals surface area contributed by atoms with Crippen LogP contribution in [0.25, 0.3) is 0 Å². The highest BCUT2D eigenvalue weighted by Crippen LogP contribution is 2.22. The van der Waals surface area contributed by atoms with Crippen LogP contribution >= 0.6 is 0 Å². The third-order valence-corrected chi connectivity index (χ3v) is 12.0. The predicted octanol–water partition coefficient (Wildman–Crippen LogP) is 13.2. The quantitative estimate of drug-likeness (QED) is 0.0261. The predicted molar refractivity (Wildman–Crippen MR) is 290 cm³/mol. The first-order chi connectivity index (χ1) is 33.8. The van der Waals surface area contributed by atoms with E-state index in [1.54, 1.807) is 6.08 Å². The molecule has 0 radical (unpaired) electrons. The first-order valence-corrected chi connectivity index (χ1v) is 27.3. The summed E-state index contributed by atoms with van der Waals surface area (Å²) < 4.78 is 11.2. The molecule has 9 nitrogen and oxygen atoms in total. The fourth-order valence-corrected chi connectivity index (χ4v) is 7.70. The molecule has 0 aliphatic carbocycles. The monoisotopic (exact) mass is 962 g/mol. The number of aliphatic hydroxyl groups is 5. The lowest BCUT2D eigenvalue weighted by atomic mass is 9.99. The molecule has 1 fully saturated rings. The molecule has 7 unspecified atom stereocenters. The minimum atomic E-state index is -1.58. The van der Waals surface area contributed by atoms with Crippen molar-refractivity contribution in [2.45, 2.75) is 236 Å². The second-order valence-electron chi connectivity index (χ2n) is 18.3. The fraction of sp³-hybridized carbons (Fsp3) is 0.650. The van der Waals surface area contributed by atoms with Crippen LogP contribution in [-0.2, 0) is 14.3 Å². The van der Waals surface area contributed by atoms with Crippen LogP contribution in [0, 0.1) is 0 Å². The summed E-state index contributed by atoms with van der Waals surface area (Å²) in [6.45, 7) is 3.58. The molecule has 0 aromatic rings. The standard InChI is InChI=1S/C60H99NO8/c1-3-5-7-9-11-13-15-17-18-19-20-21-22-23-24-25-26-27-28-29-30-31-32-33-34-35-36-38-40-42-44-46-48-50-56(64)61-53(52-68-60-59(67)58(66)57(65)55(51-62)69-60)54(63)49-47-45-43-41-39-37-16-14-12-10-8-6-4-2/h5,7,11-14,17-18,20-21,23-24,26-27,29-30,39,41,47,49,53-55,57-60,62-63,65-67H,3-4,6,8-10,15-16,19,22,25,28,31-38,40,42-46,48,50-52H2,1-2H3,(H,61,64)/b7-5-,13-11-,14-12+,18-17-,21-20-,24-23-,27-26-,30-29-,41-39+,49-47+. The van der Waals surface area contributed by atoms with E-state index in [-0.39, 0.29) is 12.5 Å². The number of aliphatic hydroxyl groups excluding tert-OH is 5. The summed E-state index contributed by atoms with van der Waals surface area (Å²) in [6, 6.07) is -0.837. The fourth-order valence-electron chi connectivity index (χ4n) is 7.70. The molecule has 0 bridgehead atoms. The highest BCUT2D eigenvalue weighted by atomic mass is 16.7. The molecule has 1 rings (SSSR count). The lowest BCUT2D eigenvalue weighted by Crippen LogP contribution is -2.60. The van der Waals surface area contributed by atoms with E-state index in [0.29, 0.717) is 6.42 Å². The lowest BCUT2D eigenvalue weighted by Gasteiger charge is -2.40. The van der Waals surface area contributed by atoms with Gasteiger partial charge in [-0.15, -0.1) is 0 Å². The summed E-state index contributed by atoms with van der Waals surface area (Å²) in [5, 5.41) is 54.3. The van der Waals surface area contributed by atoms with E-state index in [1.807, 2.05) is 6.08 Å². The second-order valence-corrected chi connectivity index (χ2v) is 18.3. The molecule has 1 aliphatic rings. The maximum Gasteiger partial charge on any atom is 0.220 e. The molecule has 1 amide bonds. The van der Waals surface area contributed by atoms with Crippen LogP contribution in [0.3, 0.4) is 0 Å². The van der Waals surface area contributed by atoms with Crippen molar-refractivity contribution in [2.24, 2.45) is 0 Å². The van der Waals surface area contributed by atoms with Crippen LogP contribution in [0.2, 0.25) is 0 Å². The van der Waals surface area contributed by atoms with Crippen LogP contribution in [0.4, 0.5) is 0 Å². The second kappa shape index (κ2) is 48.2. The van der Waals surface area contributed by atoms with Crippen molar-refractivity contribution in [3.05, 3.63) is 122 Å². The number of hydrogen-bond donors (Lipinski definition) is 6. The number of amides is 1. The molecule has 1 aliphatic heterocycles. The van der Waals surface area contributed by atoms with E-state index in [9.17, 15) is 30.3 Å². The third-order valence-electron chi connectivity index (χ3n) is 12.0. The number of unbranched alkanes of at least 4 members (excludes halogenated alkanes) is 16. The molecule has 1 saturated heterocycles. The maximum atomic E-state index is 13.0. The van der Waals surface area contributed by atoms with Gasteiger partial charge in [0.05, 0.1) is 25.4 Å². The molecular weight excluding hydrogens is 863 g/mol. The van der Waals surface area contributed by atoms with Crippen LogP contribution in [0.15, 0.2) is 122 Å². The Bertz CT molecular complexity index is 1490. The van der Waals surface area contributed by atoms with Crippen molar-refractivity contribution in [1.82, 2.24) is 5.32 Å². The number of nitrogens with one attached hydrogen (secondary N) is 1. The number of carbonyl (C=O) groups excluding carboxylic acids is 1. The van der Waals surface area contributed by atoms with Crippen LogP contribution in [0.5, 0.6) is 0 Å². The van der Waals surface area contributed by atoms with E-state index < -0.39 is 49.5 Å². The molecule has 69 heavy (non-hydrogen) atoms. The van der Waals surface area contributed by atoms with Crippen molar-refractivity contribution in [3.8, 4) is 0 Å². The van der Waals surface area contributed by atoms with Crippen LogP contribution in [0.1, 0.15) is 194 Å². The molecular formula is C60H99NO8. The normalized spacial score (nSPS) is 20.5. The van der Waals surface area contributed by atoms with Crippen molar-refractivity contribution >= 4 is 5.91 Å². The molecule has 0 aromatic carbocycles. The molecule has 7 atom stereocenters. The van der Waals surface area contributed by atoms with E-state index in [1.165, 1.54) is 64.2 Å².